The number of rotatable bonds is 7. The minimum atomic E-state index is -0.660. The van der Waals surface area contributed by atoms with Gasteiger partial charge in [0.1, 0.15) is 5.75 Å². The molecule has 2 amide bonds. The molecule has 0 saturated carbocycles. The van der Waals surface area contributed by atoms with Gasteiger partial charge in [0, 0.05) is 50.8 Å². The Balaban J connectivity index is 1.70. The highest BCUT2D eigenvalue weighted by Gasteiger charge is 2.25. The number of benzene rings is 2. The minimum absolute atomic E-state index is 0.181. The van der Waals surface area contributed by atoms with Crippen molar-refractivity contribution in [3.05, 3.63) is 52.1 Å². The lowest BCUT2D eigenvalue weighted by Gasteiger charge is -2.36. The van der Waals surface area contributed by atoms with Gasteiger partial charge in [-0.3, -0.25) is 19.4 Å². The van der Waals surface area contributed by atoms with Crippen molar-refractivity contribution < 1.29 is 23.9 Å². The lowest BCUT2D eigenvalue weighted by molar-refractivity contribution is -0.150. The molecule has 1 aromatic heterocycles. The molecule has 4 rings (SSSR count). The number of nitrogens with two attached hydrogens (primary N) is 1. The van der Waals surface area contributed by atoms with Crippen LogP contribution < -0.4 is 20.7 Å². The van der Waals surface area contributed by atoms with Gasteiger partial charge in [-0.05, 0) is 18.2 Å². The van der Waals surface area contributed by atoms with Crippen LogP contribution in [-0.4, -0.2) is 67.6 Å². The largest absolute Gasteiger partial charge is 0.495 e. The predicted octanol–water partition coefficient (Wildman–Crippen LogP) is 3.60. The van der Waals surface area contributed by atoms with Crippen molar-refractivity contribution >= 4 is 69.0 Å². The zero-order chi connectivity index (χ0) is 26.7. The van der Waals surface area contributed by atoms with Crippen molar-refractivity contribution in [2.75, 3.05) is 50.1 Å². The molecule has 1 saturated heterocycles. The number of primary amides is 1. The number of anilines is 3. The number of methoxy groups -OCH3 is 1. The van der Waals surface area contributed by atoms with Crippen molar-refractivity contribution in [3.8, 4) is 5.75 Å². The van der Waals surface area contributed by atoms with Crippen LogP contribution in [-0.2, 0) is 14.3 Å². The SMILES string of the molecule is COc1cc2ncc(C(N)=O)c(Nc3cccc(Cl)c3Cl)c2cc1N1CCN(C(=O)COC(C)=O)CC1. The number of fused-ring (bicyclic) bond motifs is 1. The second-order valence-electron chi connectivity index (χ2n) is 8.33. The number of esters is 1. The summed E-state index contributed by atoms with van der Waals surface area (Å²) in [6, 6.07) is 8.78. The number of amides is 2. The Morgan fingerprint density at radius 1 is 1.14 bits per heavy atom. The normalized spacial score (nSPS) is 13.4. The van der Waals surface area contributed by atoms with Crippen LogP contribution in [0.3, 0.4) is 0 Å². The maximum absolute atomic E-state index is 12.3. The van der Waals surface area contributed by atoms with Crippen LogP contribution in [0.2, 0.25) is 10.0 Å². The van der Waals surface area contributed by atoms with Crippen molar-refractivity contribution in [1.82, 2.24) is 9.88 Å². The highest BCUT2D eigenvalue weighted by molar-refractivity contribution is 6.43. The molecule has 2 aromatic carbocycles. The molecule has 12 heteroatoms. The van der Waals surface area contributed by atoms with Crippen molar-refractivity contribution in [1.29, 1.82) is 0 Å². The fraction of sp³-hybridized carbons (Fsp3) is 0.280. The third-order valence-corrected chi connectivity index (χ3v) is 6.84. The molecule has 0 bridgehead atoms. The third-order valence-electron chi connectivity index (χ3n) is 6.02. The molecule has 3 N–H and O–H groups in total. The van der Waals surface area contributed by atoms with Gasteiger partial charge in [-0.15, -0.1) is 0 Å². The number of ether oxygens (including phenoxy) is 2. The van der Waals surface area contributed by atoms with E-state index in [1.54, 1.807) is 36.3 Å². The van der Waals surface area contributed by atoms with Crippen LogP contribution in [0.25, 0.3) is 10.9 Å². The predicted molar refractivity (Wildman–Crippen MR) is 142 cm³/mol. The molecule has 37 heavy (non-hydrogen) atoms. The van der Waals surface area contributed by atoms with Crippen LogP contribution in [0.5, 0.6) is 5.75 Å². The Morgan fingerprint density at radius 2 is 1.86 bits per heavy atom. The summed E-state index contributed by atoms with van der Waals surface area (Å²) in [7, 11) is 1.56. The number of halogens is 2. The highest BCUT2D eigenvalue weighted by atomic mass is 35.5. The molecule has 3 aromatic rings. The molecular weight excluding hydrogens is 521 g/mol. The molecule has 194 valence electrons. The Bertz CT molecular complexity index is 1380. The van der Waals surface area contributed by atoms with Crippen molar-refractivity contribution in [2.45, 2.75) is 6.92 Å². The van der Waals surface area contributed by atoms with E-state index in [2.05, 4.69) is 15.2 Å². The molecule has 0 unspecified atom stereocenters. The molecule has 0 radical (unpaired) electrons. The smallest absolute Gasteiger partial charge is 0.303 e. The van der Waals surface area contributed by atoms with Gasteiger partial charge in [-0.1, -0.05) is 29.3 Å². The average Bonchev–Trinajstić information content (AvgIpc) is 2.89. The Labute approximate surface area is 223 Å². The van der Waals surface area contributed by atoms with Crippen molar-refractivity contribution in [2.24, 2.45) is 5.73 Å². The molecule has 1 fully saturated rings. The van der Waals surface area contributed by atoms with Crippen LogP contribution in [0.15, 0.2) is 36.5 Å². The first-order valence-electron chi connectivity index (χ1n) is 11.4. The van der Waals surface area contributed by atoms with Crippen molar-refractivity contribution in [3.63, 3.8) is 0 Å². The quantitative estimate of drug-likeness (QED) is 0.431. The summed E-state index contributed by atoms with van der Waals surface area (Å²) in [6.07, 6.45) is 1.40. The van der Waals surface area contributed by atoms with E-state index in [9.17, 15) is 14.4 Å². The van der Waals surface area contributed by atoms with Crippen LogP contribution in [0, 0.1) is 0 Å². The fourth-order valence-electron chi connectivity index (χ4n) is 4.13. The number of hydrogen-bond acceptors (Lipinski definition) is 8. The van der Waals surface area contributed by atoms with Crippen LogP contribution in [0.4, 0.5) is 17.1 Å². The van der Waals surface area contributed by atoms with E-state index in [0.29, 0.717) is 64.3 Å². The van der Waals surface area contributed by atoms with E-state index < -0.39 is 11.9 Å². The van der Waals surface area contributed by atoms with Gasteiger partial charge in [-0.25, -0.2) is 0 Å². The van der Waals surface area contributed by atoms with Crippen LogP contribution >= 0.6 is 23.2 Å². The fourth-order valence-corrected chi connectivity index (χ4v) is 4.47. The topological polar surface area (TPSA) is 127 Å². The lowest BCUT2D eigenvalue weighted by atomic mass is 10.1. The van der Waals surface area contributed by atoms with Gasteiger partial charge in [-0.2, -0.15) is 0 Å². The van der Waals surface area contributed by atoms with Gasteiger partial charge in [0.05, 0.1) is 45.3 Å². The van der Waals surface area contributed by atoms with E-state index in [1.165, 1.54) is 13.1 Å². The number of piperazine rings is 1. The zero-order valence-electron chi connectivity index (χ0n) is 20.2. The number of carbonyl (C=O) groups is 3. The van der Waals surface area contributed by atoms with Gasteiger partial charge in [0.25, 0.3) is 11.8 Å². The number of pyridine rings is 1. The monoisotopic (exact) mass is 545 g/mol. The van der Waals surface area contributed by atoms with Gasteiger partial charge in [0.15, 0.2) is 6.61 Å². The summed E-state index contributed by atoms with van der Waals surface area (Å²) < 4.78 is 10.5. The maximum atomic E-state index is 12.3. The zero-order valence-corrected chi connectivity index (χ0v) is 21.7. The molecule has 2 heterocycles. The number of aromatic nitrogens is 1. The molecule has 1 aliphatic heterocycles. The molecule has 10 nitrogen and oxygen atoms in total. The molecule has 0 spiro atoms. The highest BCUT2D eigenvalue weighted by Crippen LogP contribution is 2.40. The first-order chi connectivity index (χ1) is 17.7. The average molecular weight is 546 g/mol. The van der Waals surface area contributed by atoms with Crippen LogP contribution in [0.1, 0.15) is 17.3 Å². The maximum Gasteiger partial charge on any atom is 0.303 e. The van der Waals surface area contributed by atoms with E-state index in [1.807, 2.05) is 6.07 Å². The Hall–Kier alpha value is -3.76. The number of nitrogens with one attached hydrogen (secondary N) is 1. The van der Waals surface area contributed by atoms with Gasteiger partial charge < -0.3 is 30.3 Å². The Kier molecular flexibility index (Phi) is 7.89. The molecular formula is C25H25Cl2N5O5. The molecule has 0 atom stereocenters. The third kappa shape index (κ3) is 5.65. The summed E-state index contributed by atoms with van der Waals surface area (Å²) >= 11 is 12.6. The molecule has 1 aliphatic rings. The van der Waals surface area contributed by atoms with E-state index in [0.717, 1.165) is 5.69 Å². The summed E-state index contributed by atoms with van der Waals surface area (Å²) in [6.45, 7) is 2.88. The lowest BCUT2D eigenvalue weighted by Crippen LogP contribution is -2.50. The number of carbonyl (C=O) groups excluding carboxylic acids is 3. The standard InChI is InChI=1S/C25H25Cl2N5O5/c1-14(33)37-13-22(34)32-8-6-31(7-9-32)20-10-15-19(11-21(20)36-2)29-12-16(25(28)35)24(15)30-18-5-3-4-17(26)23(18)27/h3-5,10-12H,6-9,13H2,1-2H3,(H2,28,35)(H,29,30). The minimum Gasteiger partial charge on any atom is -0.495 e. The van der Waals surface area contributed by atoms with Gasteiger partial charge in [0.2, 0.25) is 0 Å². The second-order valence-corrected chi connectivity index (χ2v) is 9.11. The van der Waals surface area contributed by atoms with E-state index >= 15 is 0 Å². The summed E-state index contributed by atoms with van der Waals surface area (Å²) in [5.41, 5.74) is 8.11. The second kappa shape index (κ2) is 11.1. The summed E-state index contributed by atoms with van der Waals surface area (Å²) in [4.78, 5) is 43.8. The van der Waals surface area contributed by atoms with E-state index in [4.69, 9.17) is 38.4 Å². The Morgan fingerprint density at radius 3 is 2.51 bits per heavy atom. The van der Waals surface area contributed by atoms with Gasteiger partial charge >= 0.3 is 5.97 Å². The van der Waals surface area contributed by atoms with E-state index in [-0.39, 0.29) is 18.1 Å². The number of nitrogens with zero attached hydrogens (tertiary/aromatic N) is 3. The number of hydrogen-bond donors (Lipinski definition) is 2. The summed E-state index contributed by atoms with van der Waals surface area (Å²) in [5, 5.41) is 4.48. The summed E-state index contributed by atoms with van der Waals surface area (Å²) in [5.74, 6) is -0.827. The molecule has 0 aliphatic carbocycles. The first-order valence-corrected chi connectivity index (χ1v) is 12.1. The first kappa shape index (κ1) is 26.3.